The smallest absolute Gasteiger partial charge is 0.144 e. The average molecular weight is 294 g/mol. The van der Waals surface area contributed by atoms with E-state index in [1.807, 2.05) is 6.92 Å². The molecule has 0 saturated heterocycles. The van der Waals surface area contributed by atoms with E-state index in [-0.39, 0.29) is 0 Å². The Balaban J connectivity index is 1.76. The number of ether oxygens (including phenoxy) is 1. The van der Waals surface area contributed by atoms with Gasteiger partial charge in [0.25, 0.3) is 0 Å². The van der Waals surface area contributed by atoms with Crippen LogP contribution in [0.2, 0.25) is 5.02 Å². The normalized spacial score (nSPS) is 15.2. The fourth-order valence-corrected chi connectivity index (χ4v) is 2.58. The molecule has 1 N–H and O–H groups in total. The number of nitrogens with zero attached hydrogens (tertiary/aromatic N) is 2. The summed E-state index contributed by atoms with van der Waals surface area (Å²) in [5, 5.41) is 12.9. The largest absolute Gasteiger partial charge is 0.378 e. The van der Waals surface area contributed by atoms with Crippen molar-refractivity contribution in [2.24, 2.45) is 0 Å². The van der Waals surface area contributed by atoms with E-state index in [0.29, 0.717) is 22.5 Å². The van der Waals surface area contributed by atoms with Crippen LogP contribution in [-0.4, -0.2) is 24.2 Å². The zero-order valence-electron chi connectivity index (χ0n) is 11.8. The summed E-state index contributed by atoms with van der Waals surface area (Å²) in [6.45, 7) is 3.33. The van der Waals surface area contributed by atoms with Crippen LogP contribution in [0.5, 0.6) is 0 Å². The molecule has 0 bridgehead atoms. The van der Waals surface area contributed by atoms with Gasteiger partial charge in [0.05, 0.1) is 16.7 Å². The molecule has 0 radical (unpaired) electrons. The molecule has 0 aliphatic heterocycles. The van der Waals surface area contributed by atoms with E-state index < -0.39 is 0 Å². The second kappa shape index (κ2) is 7.47. The maximum Gasteiger partial charge on any atom is 0.144 e. The molecule has 0 atom stereocenters. The highest BCUT2D eigenvalue weighted by Crippen LogP contribution is 2.23. The minimum Gasteiger partial charge on any atom is -0.378 e. The first-order chi connectivity index (χ1) is 9.72. The van der Waals surface area contributed by atoms with E-state index in [2.05, 4.69) is 16.4 Å². The number of hydrogen-bond acceptors (Lipinski definition) is 4. The van der Waals surface area contributed by atoms with E-state index in [0.717, 1.165) is 25.1 Å². The van der Waals surface area contributed by atoms with Crippen LogP contribution in [0.4, 0.5) is 5.82 Å². The second-order valence-electron chi connectivity index (χ2n) is 5.12. The summed E-state index contributed by atoms with van der Waals surface area (Å²) in [5.74, 6) is 0.607. The number of aromatic nitrogens is 1. The number of anilines is 1. The standard InChI is InChI=1S/C15H20ClN3O/c1-11-13(9-17)15(19-10-14(11)16)18-7-4-8-20-12-5-2-3-6-12/h10,12H,2-8H2,1H3,(H,18,19). The van der Waals surface area contributed by atoms with Crippen LogP contribution in [0.1, 0.15) is 43.2 Å². The number of nitriles is 1. The zero-order valence-corrected chi connectivity index (χ0v) is 12.5. The summed E-state index contributed by atoms with van der Waals surface area (Å²) in [7, 11) is 0. The number of rotatable bonds is 6. The Bertz CT molecular complexity index is 493. The van der Waals surface area contributed by atoms with Gasteiger partial charge < -0.3 is 10.1 Å². The molecular formula is C15H20ClN3O. The van der Waals surface area contributed by atoms with Crippen LogP contribution in [0, 0.1) is 18.3 Å². The first-order valence-corrected chi connectivity index (χ1v) is 7.51. The maximum absolute atomic E-state index is 9.16. The molecule has 20 heavy (non-hydrogen) atoms. The van der Waals surface area contributed by atoms with E-state index in [4.69, 9.17) is 21.6 Å². The van der Waals surface area contributed by atoms with Crippen LogP contribution in [0.15, 0.2) is 6.20 Å². The summed E-state index contributed by atoms with van der Waals surface area (Å²) in [4.78, 5) is 4.18. The molecular weight excluding hydrogens is 274 g/mol. The molecule has 1 aliphatic rings. The first-order valence-electron chi connectivity index (χ1n) is 7.13. The molecule has 4 nitrogen and oxygen atoms in total. The summed E-state index contributed by atoms with van der Waals surface area (Å²) in [5.41, 5.74) is 1.29. The molecule has 1 saturated carbocycles. The molecule has 0 spiro atoms. The van der Waals surface area contributed by atoms with Crippen LogP contribution in [0.25, 0.3) is 0 Å². The van der Waals surface area contributed by atoms with Gasteiger partial charge in [-0.2, -0.15) is 5.26 Å². The highest BCUT2D eigenvalue weighted by atomic mass is 35.5. The molecule has 1 aliphatic carbocycles. The molecule has 0 unspecified atom stereocenters. The van der Waals surface area contributed by atoms with Crippen molar-refractivity contribution < 1.29 is 4.74 Å². The number of hydrogen-bond donors (Lipinski definition) is 1. The first kappa shape index (κ1) is 15.1. The predicted octanol–water partition coefficient (Wildman–Crippen LogP) is 3.68. The number of pyridine rings is 1. The number of nitrogens with one attached hydrogen (secondary N) is 1. The van der Waals surface area contributed by atoms with Gasteiger partial charge in [-0.25, -0.2) is 4.98 Å². The second-order valence-corrected chi connectivity index (χ2v) is 5.53. The van der Waals surface area contributed by atoms with Crippen molar-refractivity contribution >= 4 is 17.4 Å². The van der Waals surface area contributed by atoms with Crippen LogP contribution >= 0.6 is 11.6 Å². The Labute approximate surface area is 125 Å². The van der Waals surface area contributed by atoms with Gasteiger partial charge in [0.1, 0.15) is 11.9 Å². The molecule has 1 aromatic heterocycles. The summed E-state index contributed by atoms with van der Waals surface area (Å²) < 4.78 is 5.79. The van der Waals surface area contributed by atoms with E-state index in [1.54, 1.807) is 6.20 Å². The van der Waals surface area contributed by atoms with Gasteiger partial charge in [-0.05, 0) is 31.7 Å². The minimum absolute atomic E-state index is 0.459. The SMILES string of the molecule is Cc1c(Cl)cnc(NCCCOC2CCCC2)c1C#N. The van der Waals surface area contributed by atoms with E-state index in [9.17, 15) is 0 Å². The lowest BCUT2D eigenvalue weighted by atomic mass is 10.1. The Hall–Kier alpha value is -1.31. The van der Waals surface area contributed by atoms with Gasteiger partial charge in [0.2, 0.25) is 0 Å². The molecule has 108 valence electrons. The highest BCUT2D eigenvalue weighted by molar-refractivity contribution is 6.31. The Kier molecular flexibility index (Phi) is 5.63. The average Bonchev–Trinajstić information content (AvgIpc) is 2.96. The van der Waals surface area contributed by atoms with Crippen molar-refractivity contribution in [3.8, 4) is 6.07 Å². The van der Waals surface area contributed by atoms with Crippen molar-refractivity contribution in [2.45, 2.75) is 45.1 Å². The maximum atomic E-state index is 9.16. The van der Waals surface area contributed by atoms with Crippen molar-refractivity contribution in [1.82, 2.24) is 4.98 Å². The zero-order chi connectivity index (χ0) is 14.4. The minimum atomic E-state index is 0.459. The Morgan fingerprint density at radius 3 is 2.95 bits per heavy atom. The van der Waals surface area contributed by atoms with Crippen LogP contribution in [0.3, 0.4) is 0 Å². The third-order valence-corrected chi connectivity index (χ3v) is 4.04. The summed E-state index contributed by atoms with van der Waals surface area (Å²) in [6, 6.07) is 2.15. The lowest BCUT2D eigenvalue weighted by Crippen LogP contribution is -2.13. The van der Waals surface area contributed by atoms with E-state index >= 15 is 0 Å². The molecule has 5 heteroatoms. The van der Waals surface area contributed by atoms with Gasteiger partial charge >= 0.3 is 0 Å². The molecule has 0 aromatic carbocycles. The van der Waals surface area contributed by atoms with Gasteiger partial charge in [-0.15, -0.1) is 0 Å². The van der Waals surface area contributed by atoms with Crippen molar-refractivity contribution in [1.29, 1.82) is 5.26 Å². The molecule has 1 aromatic rings. The summed E-state index contributed by atoms with van der Waals surface area (Å²) >= 11 is 5.96. The van der Waals surface area contributed by atoms with Gasteiger partial charge in [0.15, 0.2) is 0 Å². The molecule has 1 fully saturated rings. The third kappa shape index (κ3) is 3.84. The van der Waals surface area contributed by atoms with Crippen molar-refractivity contribution in [3.05, 3.63) is 22.3 Å². The van der Waals surface area contributed by atoms with Crippen molar-refractivity contribution in [3.63, 3.8) is 0 Å². The monoisotopic (exact) mass is 293 g/mol. The van der Waals surface area contributed by atoms with Gasteiger partial charge in [-0.1, -0.05) is 24.4 Å². The predicted molar refractivity (Wildman–Crippen MR) is 80.0 cm³/mol. The summed E-state index contributed by atoms with van der Waals surface area (Å²) in [6.07, 6.45) is 7.93. The highest BCUT2D eigenvalue weighted by Gasteiger charge is 2.14. The van der Waals surface area contributed by atoms with Crippen LogP contribution in [-0.2, 0) is 4.74 Å². The Morgan fingerprint density at radius 1 is 1.50 bits per heavy atom. The quantitative estimate of drug-likeness (QED) is 0.813. The molecule has 1 heterocycles. The van der Waals surface area contributed by atoms with E-state index in [1.165, 1.54) is 25.7 Å². The van der Waals surface area contributed by atoms with Crippen LogP contribution < -0.4 is 5.32 Å². The topological polar surface area (TPSA) is 57.9 Å². The third-order valence-electron chi connectivity index (χ3n) is 3.66. The van der Waals surface area contributed by atoms with Gasteiger partial charge in [0, 0.05) is 19.3 Å². The van der Waals surface area contributed by atoms with Crippen molar-refractivity contribution in [2.75, 3.05) is 18.5 Å². The fourth-order valence-electron chi connectivity index (χ4n) is 2.43. The molecule has 0 amide bonds. The Morgan fingerprint density at radius 2 is 2.25 bits per heavy atom. The lowest BCUT2D eigenvalue weighted by Gasteiger charge is -2.12. The van der Waals surface area contributed by atoms with Gasteiger partial charge in [-0.3, -0.25) is 0 Å². The molecule has 2 rings (SSSR count). The lowest BCUT2D eigenvalue weighted by molar-refractivity contribution is 0.0583. The fraction of sp³-hybridized carbons (Fsp3) is 0.600. The number of halogens is 1.